The first-order valence-corrected chi connectivity index (χ1v) is 7.85. The Balaban J connectivity index is 2.30. The third-order valence-corrected chi connectivity index (χ3v) is 4.38. The van der Waals surface area contributed by atoms with Gasteiger partial charge in [-0.1, -0.05) is 18.2 Å². The maximum absolute atomic E-state index is 14.7. The summed E-state index contributed by atoms with van der Waals surface area (Å²) in [5.74, 6) is -0.656. The lowest BCUT2D eigenvalue weighted by atomic mass is 9.85. The van der Waals surface area contributed by atoms with Crippen LogP contribution in [0.1, 0.15) is 25.0 Å². The van der Waals surface area contributed by atoms with Crippen molar-refractivity contribution in [2.75, 3.05) is 0 Å². The van der Waals surface area contributed by atoms with Crippen LogP contribution in [0.5, 0.6) is 0 Å². The number of hydrogen-bond acceptors (Lipinski definition) is 3. The molecule has 1 aromatic heterocycles. The minimum Gasteiger partial charge on any atom is -0.392 e. The molecular formula is C20H17FN2O2. The molecule has 0 aliphatic carbocycles. The van der Waals surface area contributed by atoms with Crippen molar-refractivity contribution < 1.29 is 9.50 Å². The van der Waals surface area contributed by atoms with E-state index < -0.39 is 16.8 Å². The summed E-state index contributed by atoms with van der Waals surface area (Å²) in [5.41, 5.74) is 0.252. The fraction of sp³-hybridized carbons (Fsp3) is 0.200. The Labute approximate surface area is 144 Å². The standard InChI is InChI=1S/C20H17FN2O2/c1-20(2,12-22)15-9-13-7-8-23(19(25)18(13)16(21)10-15)17-6-4-3-5-14(17)11-24/h3-10,24H,11H2,1-2H3. The molecule has 3 aromatic rings. The minimum absolute atomic E-state index is 0.0345. The van der Waals surface area contributed by atoms with Crippen molar-refractivity contribution >= 4 is 10.8 Å². The normalized spacial score (nSPS) is 11.5. The fourth-order valence-corrected chi connectivity index (χ4v) is 2.82. The van der Waals surface area contributed by atoms with Crippen LogP contribution in [0.3, 0.4) is 0 Å². The molecule has 126 valence electrons. The van der Waals surface area contributed by atoms with E-state index in [1.165, 1.54) is 10.6 Å². The molecule has 3 rings (SSSR count). The lowest BCUT2D eigenvalue weighted by Crippen LogP contribution is -2.21. The number of aliphatic hydroxyl groups is 1. The second-order valence-electron chi connectivity index (χ2n) is 6.44. The molecule has 0 fully saturated rings. The van der Waals surface area contributed by atoms with Crippen molar-refractivity contribution in [2.24, 2.45) is 0 Å². The van der Waals surface area contributed by atoms with Gasteiger partial charge < -0.3 is 5.11 Å². The van der Waals surface area contributed by atoms with E-state index in [-0.39, 0.29) is 12.0 Å². The Morgan fingerprint density at radius 3 is 2.64 bits per heavy atom. The summed E-state index contributed by atoms with van der Waals surface area (Å²) >= 11 is 0. The van der Waals surface area contributed by atoms with Gasteiger partial charge in [0.15, 0.2) is 0 Å². The lowest BCUT2D eigenvalue weighted by molar-refractivity contribution is 0.281. The van der Waals surface area contributed by atoms with E-state index in [9.17, 15) is 19.6 Å². The number of rotatable bonds is 3. The Hall–Kier alpha value is -2.97. The summed E-state index contributed by atoms with van der Waals surface area (Å²) < 4.78 is 16.0. The summed E-state index contributed by atoms with van der Waals surface area (Å²) in [6, 6.07) is 13.6. The van der Waals surface area contributed by atoms with Crippen LogP contribution in [0.25, 0.3) is 16.5 Å². The van der Waals surface area contributed by atoms with Gasteiger partial charge in [-0.05, 0) is 49.1 Å². The molecule has 25 heavy (non-hydrogen) atoms. The van der Waals surface area contributed by atoms with Gasteiger partial charge in [-0.3, -0.25) is 9.36 Å². The highest BCUT2D eigenvalue weighted by Crippen LogP contribution is 2.27. The molecule has 0 atom stereocenters. The van der Waals surface area contributed by atoms with E-state index in [2.05, 4.69) is 6.07 Å². The van der Waals surface area contributed by atoms with Gasteiger partial charge in [-0.25, -0.2) is 4.39 Å². The smallest absolute Gasteiger partial charge is 0.265 e. The summed E-state index contributed by atoms with van der Waals surface area (Å²) in [6.07, 6.45) is 1.56. The van der Waals surface area contributed by atoms with Crippen LogP contribution >= 0.6 is 0 Å². The number of fused-ring (bicyclic) bond motifs is 1. The van der Waals surface area contributed by atoms with Crippen LogP contribution < -0.4 is 5.56 Å². The van der Waals surface area contributed by atoms with Gasteiger partial charge in [0.1, 0.15) is 5.82 Å². The van der Waals surface area contributed by atoms with Crippen molar-refractivity contribution in [1.29, 1.82) is 5.26 Å². The molecular weight excluding hydrogens is 319 g/mol. The number of aliphatic hydroxyl groups excluding tert-OH is 1. The van der Waals surface area contributed by atoms with Crippen molar-refractivity contribution in [3.05, 3.63) is 76.0 Å². The third-order valence-electron chi connectivity index (χ3n) is 4.38. The fourth-order valence-electron chi connectivity index (χ4n) is 2.82. The van der Waals surface area contributed by atoms with Gasteiger partial charge in [-0.2, -0.15) is 5.26 Å². The summed E-state index contributed by atoms with van der Waals surface area (Å²) in [5, 5.41) is 19.1. The van der Waals surface area contributed by atoms with Crippen LogP contribution in [0, 0.1) is 17.1 Å². The first-order valence-electron chi connectivity index (χ1n) is 7.85. The van der Waals surface area contributed by atoms with Crippen molar-refractivity contribution in [1.82, 2.24) is 4.57 Å². The number of nitriles is 1. The quantitative estimate of drug-likeness (QED) is 0.797. The molecule has 0 saturated carbocycles. The molecule has 0 amide bonds. The summed E-state index contributed by atoms with van der Waals surface area (Å²) in [4.78, 5) is 12.8. The molecule has 1 heterocycles. The van der Waals surface area contributed by atoms with Crippen LogP contribution in [-0.4, -0.2) is 9.67 Å². The molecule has 0 unspecified atom stereocenters. The van der Waals surface area contributed by atoms with Crippen molar-refractivity contribution in [2.45, 2.75) is 25.9 Å². The molecule has 0 radical (unpaired) electrons. The van der Waals surface area contributed by atoms with Gasteiger partial charge in [0.05, 0.1) is 29.2 Å². The lowest BCUT2D eigenvalue weighted by Gasteiger charge is -2.17. The average Bonchev–Trinajstić information content (AvgIpc) is 2.61. The van der Waals surface area contributed by atoms with Gasteiger partial charge in [0.2, 0.25) is 0 Å². The SMILES string of the molecule is CC(C)(C#N)c1cc(F)c2c(=O)n(-c3ccccc3CO)ccc2c1. The monoisotopic (exact) mass is 336 g/mol. The molecule has 2 aromatic carbocycles. The molecule has 0 bridgehead atoms. The molecule has 0 aliphatic rings. The predicted octanol–water partition coefficient (Wildman–Crippen LogP) is 3.42. The Bertz CT molecular complexity index is 1060. The molecule has 0 spiro atoms. The maximum Gasteiger partial charge on any atom is 0.265 e. The van der Waals surface area contributed by atoms with Gasteiger partial charge in [0.25, 0.3) is 5.56 Å². The maximum atomic E-state index is 14.7. The van der Waals surface area contributed by atoms with Crippen molar-refractivity contribution in [3.8, 4) is 11.8 Å². The first kappa shape index (κ1) is 16.9. The number of benzene rings is 2. The second-order valence-corrected chi connectivity index (χ2v) is 6.44. The highest BCUT2D eigenvalue weighted by molar-refractivity contribution is 5.83. The molecule has 1 N–H and O–H groups in total. The van der Waals surface area contributed by atoms with E-state index in [1.807, 2.05) is 0 Å². The Morgan fingerprint density at radius 1 is 1.24 bits per heavy atom. The Kier molecular flexibility index (Phi) is 4.15. The third kappa shape index (κ3) is 2.81. The number of hydrogen-bond donors (Lipinski definition) is 1. The zero-order valence-corrected chi connectivity index (χ0v) is 14.0. The van der Waals surface area contributed by atoms with Gasteiger partial charge >= 0.3 is 0 Å². The Morgan fingerprint density at radius 2 is 1.96 bits per heavy atom. The van der Waals surface area contributed by atoms with Crippen LogP contribution in [0.15, 0.2) is 53.5 Å². The average molecular weight is 336 g/mol. The number of aromatic nitrogens is 1. The van der Waals surface area contributed by atoms with E-state index in [1.54, 1.807) is 56.4 Å². The highest BCUT2D eigenvalue weighted by Gasteiger charge is 2.22. The summed E-state index contributed by atoms with van der Waals surface area (Å²) in [7, 11) is 0. The molecule has 5 heteroatoms. The van der Waals surface area contributed by atoms with Crippen LogP contribution in [-0.2, 0) is 12.0 Å². The number of nitrogens with zero attached hydrogens (tertiary/aromatic N) is 2. The number of pyridine rings is 1. The van der Waals surface area contributed by atoms with Crippen molar-refractivity contribution in [3.63, 3.8) is 0 Å². The van der Waals surface area contributed by atoms with E-state index in [0.717, 1.165) is 0 Å². The zero-order chi connectivity index (χ0) is 18.2. The highest BCUT2D eigenvalue weighted by atomic mass is 19.1. The van der Waals surface area contributed by atoms with E-state index in [0.29, 0.717) is 22.2 Å². The predicted molar refractivity (Wildman–Crippen MR) is 94.1 cm³/mol. The first-order chi connectivity index (χ1) is 11.9. The number of para-hydroxylation sites is 1. The van der Waals surface area contributed by atoms with Crippen LogP contribution in [0.2, 0.25) is 0 Å². The van der Waals surface area contributed by atoms with E-state index in [4.69, 9.17) is 0 Å². The summed E-state index contributed by atoms with van der Waals surface area (Å²) in [6.45, 7) is 3.18. The zero-order valence-electron chi connectivity index (χ0n) is 14.0. The largest absolute Gasteiger partial charge is 0.392 e. The number of halogens is 1. The second kappa shape index (κ2) is 6.15. The van der Waals surface area contributed by atoms with E-state index >= 15 is 0 Å². The van der Waals surface area contributed by atoms with Gasteiger partial charge in [-0.15, -0.1) is 0 Å². The minimum atomic E-state index is -0.854. The topological polar surface area (TPSA) is 66.0 Å². The van der Waals surface area contributed by atoms with Crippen LogP contribution in [0.4, 0.5) is 4.39 Å². The molecule has 4 nitrogen and oxygen atoms in total. The van der Waals surface area contributed by atoms with Gasteiger partial charge in [0, 0.05) is 11.8 Å². The molecule has 0 saturated heterocycles. The molecule has 0 aliphatic heterocycles.